The fourth-order valence-electron chi connectivity index (χ4n) is 2.18. The molecule has 2 aromatic rings. The van der Waals surface area contributed by atoms with E-state index in [-0.39, 0.29) is 24.9 Å². The van der Waals surface area contributed by atoms with Crippen molar-refractivity contribution in [2.45, 2.75) is 6.42 Å². The van der Waals surface area contributed by atoms with Gasteiger partial charge in [0.1, 0.15) is 18.2 Å². The van der Waals surface area contributed by atoms with Gasteiger partial charge in [-0.15, -0.1) is 0 Å². The molecule has 5 nitrogen and oxygen atoms in total. The highest BCUT2D eigenvalue weighted by Crippen LogP contribution is 2.34. The fraction of sp³-hybridized carbons (Fsp3) is 0.235. The molecule has 0 radical (unpaired) electrons. The molecule has 1 heterocycles. The zero-order valence-electron chi connectivity index (χ0n) is 12.4. The molecule has 0 aliphatic carbocycles. The number of carbonyl (C=O) groups is 1. The summed E-state index contributed by atoms with van der Waals surface area (Å²) in [6.07, 6.45) is 0.213. The van der Waals surface area contributed by atoms with Gasteiger partial charge in [-0.05, 0) is 29.8 Å². The molecule has 0 bridgehead atoms. The van der Waals surface area contributed by atoms with Crippen molar-refractivity contribution in [3.05, 3.63) is 53.8 Å². The zero-order chi connectivity index (χ0) is 16.1. The lowest BCUT2D eigenvalue weighted by Crippen LogP contribution is -2.29. The molecule has 0 saturated heterocycles. The summed E-state index contributed by atoms with van der Waals surface area (Å²) in [5.74, 6) is 1.56. The molecule has 0 saturated carbocycles. The summed E-state index contributed by atoms with van der Waals surface area (Å²) in [6, 6.07) is 11.2. The van der Waals surface area contributed by atoms with E-state index in [0.29, 0.717) is 30.4 Å². The van der Waals surface area contributed by atoms with Gasteiger partial charge in [0, 0.05) is 6.07 Å². The molecular weight excluding hydrogens is 301 g/mol. The minimum Gasteiger partial charge on any atom is -0.492 e. The Morgan fingerprint density at radius 1 is 1.13 bits per heavy atom. The minimum atomic E-state index is -0.314. The molecular formula is C17H16FNO4. The van der Waals surface area contributed by atoms with E-state index in [9.17, 15) is 9.18 Å². The maximum absolute atomic E-state index is 12.8. The topological polar surface area (TPSA) is 56.8 Å². The van der Waals surface area contributed by atoms with E-state index in [2.05, 4.69) is 5.32 Å². The molecule has 2 aromatic carbocycles. The summed E-state index contributed by atoms with van der Waals surface area (Å²) < 4.78 is 28.8. The Balaban J connectivity index is 1.39. The van der Waals surface area contributed by atoms with Gasteiger partial charge in [0.05, 0.1) is 13.0 Å². The van der Waals surface area contributed by atoms with Crippen molar-refractivity contribution < 1.29 is 23.4 Å². The first kappa shape index (κ1) is 15.1. The molecule has 1 aliphatic rings. The third kappa shape index (κ3) is 4.12. The van der Waals surface area contributed by atoms with Crippen molar-refractivity contribution in [3.8, 4) is 17.2 Å². The highest BCUT2D eigenvalue weighted by Gasteiger charge is 2.13. The third-order valence-corrected chi connectivity index (χ3v) is 3.31. The smallest absolute Gasteiger partial charge is 0.231 e. The standard InChI is InChI=1S/C17H16FNO4/c18-13-3-1-12(2-4-13)9-17(20)19-7-8-21-14-5-6-15-16(10-14)23-11-22-15/h1-6,10H,7-9,11H2,(H,19,20). The molecule has 23 heavy (non-hydrogen) atoms. The zero-order valence-corrected chi connectivity index (χ0v) is 12.4. The van der Waals surface area contributed by atoms with Gasteiger partial charge in [-0.25, -0.2) is 4.39 Å². The number of benzene rings is 2. The van der Waals surface area contributed by atoms with Crippen LogP contribution in [0.1, 0.15) is 5.56 Å². The lowest BCUT2D eigenvalue weighted by Gasteiger charge is -2.08. The van der Waals surface area contributed by atoms with Crippen LogP contribution in [0.25, 0.3) is 0 Å². The van der Waals surface area contributed by atoms with Crippen molar-refractivity contribution in [2.75, 3.05) is 19.9 Å². The first-order chi connectivity index (χ1) is 11.2. The number of hydrogen-bond acceptors (Lipinski definition) is 4. The van der Waals surface area contributed by atoms with Crippen LogP contribution in [0.15, 0.2) is 42.5 Å². The number of fused-ring (bicyclic) bond motifs is 1. The maximum Gasteiger partial charge on any atom is 0.231 e. The van der Waals surface area contributed by atoms with E-state index < -0.39 is 0 Å². The Kier molecular flexibility index (Phi) is 4.61. The van der Waals surface area contributed by atoms with Gasteiger partial charge in [-0.1, -0.05) is 12.1 Å². The molecule has 0 atom stereocenters. The predicted octanol–water partition coefficient (Wildman–Crippen LogP) is 2.29. The third-order valence-electron chi connectivity index (χ3n) is 3.31. The largest absolute Gasteiger partial charge is 0.492 e. The Hall–Kier alpha value is -2.76. The SMILES string of the molecule is O=C(Cc1ccc(F)cc1)NCCOc1ccc2c(c1)OCO2. The molecule has 0 aromatic heterocycles. The van der Waals surface area contributed by atoms with Gasteiger partial charge < -0.3 is 19.5 Å². The number of nitrogens with one attached hydrogen (secondary N) is 1. The second-order valence-electron chi connectivity index (χ2n) is 5.02. The normalized spacial score (nSPS) is 12.0. The van der Waals surface area contributed by atoms with Crippen LogP contribution in [-0.4, -0.2) is 25.9 Å². The van der Waals surface area contributed by atoms with E-state index >= 15 is 0 Å². The number of ether oxygens (including phenoxy) is 3. The Labute approximate surface area is 133 Å². The molecule has 0 unspecified atom stereocenters. The summed E-state index contributed by atoms with van der Waals surface area (Å²) in [6.45, 7) is 0.946. The van der Waals surface area contributed by atoms with Crippen molar-refractivity contribution in [3.63, 3.8) is 0 Å². The van der Waals surface area contributed by atoms with E-state index in [0.717, 1.165) is 5.56 Å². The predicted molar refractivity (Wildman–Crippen MR) is 81.2 cm³/mol. The van der Waals surface area contributed by atoms with Crippen LogP contribution in [-0.2, 0) is 11.2 Å². The van der Waals surface area contributed by atoms with Crippen LogP contribution >= 0.6 is 0 Å². The second kappa shape index (κ2) is 7.00. The quantitative estimate of drug-likeness (QED) is 0.831. The lowest BCUT2D eigenvalue weighted by molar-refractivity contribution is -0.120. The number of halogens is 1. The van der Waals surface area contributed by atoms with Gasteiger partial charge >= 0.3 is 0 Å². The van der Waals surface area contributed by atoms with Crippen LogP contribution in [0.2, 0.25) is 0 Å². The highest BCUT2D eigenvalue weighted by molar-refractivity contribution is 5.78. The Morgan fingerprint density at radius 2 is 1.91 bits per heavy atom. The van der Waals surface area contributed by atoms with Crippen molar-refractivity contribution in [1.29, 1.82) is 0 Å². The Bertz CT molecular complexity index is 687. The van der Waals surface area contributed by atoms with E-state index in [1.54, 1.807) is 30.3 Å². The van der Waals surface area contributed by atoms with Crippen molar-refractivity contribution in [1.82, 2.24) is 5.32 Å². The molecule has 0 spiro atoms. The van der Waals surface area contributed by atoms with E-state index in [4.69, 9.17) is 14.2 Å². The monoisotopic (exact) mass is 317 g/mol. The highest BCUT2D eigenvalue weighted by atomic mass is 19.1. The van der Waals surface area contributed by atoms with Crippen LogP contribution in [0.5, 0.6) is 17.2 Å². The molecule has 1 amide bonds. The first-order valence-corrected chi connectivity index (χ1v) is 7.24. The molecule has 1 aliphatic heterocycles. The molecule has 120 valence electrons. The molecule has 1 N–H and O–H groups in total. The summed E-state index contributed by atoms with van der Waals surface area (Å²) in [5.41, 5.74) is 0.764. The van der Waals surface area contributed by atoms with Crippen molar-refractivity contribution in [2.24, 2.45) is 0 Å². The number of amides is 1. The average Bonchev–Trinajstić information content (AvgIpc) is 3.01. The molecule has 6 heteroatoms. The molecule has 3 rings (SSSR count). The summed E-state index contributed by atoms with van der Waals surface area (Å²) >= 11 is 0. The van der Waals surface area contributed by atoms with Crippen LogP contribution < -0.4 is 19.5 Å². The maximum atomic E-state index is 12.8. The van der Waals surface area contributed by atoms with Gasteiger partial charge in [0.15, 0.2) is 11.5 Å². The van der Waals surface area contributed by atoms with Crippen molar-refractivity contribution >= 4 is 5.91 Å². The van der Waals surface area contributed by atoms with Crippen LogP contribution in [0.4, 0.5) is 4.39 Å². The van der Waals surface area contributed by atoms with Gasteiger partial charge in [-0.3, -0.25) is 4.79 Å². The number of hydrogen-bond donors (Lipinski definition) is 1. The lowest BCUT2D eigenvalue weighted by atomic mass is 10.1. The number of rotatable bonds is 6. The second-order valence-corrected chi connectivity index (χ2v) is 5.02. The first-order valence-electron chi connectivity index (χ1n) is 7.24. The van der Waals surface area contributed by atoms with Crippen LogP contribution in [0.3, 0.4) is 0 Å². The summed E-state index contributed by atoms with van der Waals surface area (Å²) in [7, 11) is 0. The van der Waals surface area contributed by atoms with Gasteiger partial charge in [0.25, 0.3) is 0 Å². The molecule has 0 fully saturated rings. The van der Waals surface area contributed by atoms with Gasteiger partial charge in [-0.2, -0.15) is 0 Å². The summed E-state index contributed by atoms with van der Waals surface area (Å²) in [5, 5.41) is 2.75. The van der Waals surface area contributed by atoms with Crippen LogP contribution in [0, 0.1) is 5.82 Å². The number of carbonyl (C=O) groups excluding carboxylic acids is 1. The van der Waals surface area contributed by atoms with E-state index in [1.807, 2.05) is 0 Å². The fourth-order valence-corrected chi connectivity index (χ4v) is 2.18. The van der Waals surface area contributed by atoms with E-state index in [1.165, 1.54) is 12.1 Å². The van der Waals surface area contributed by atoms with Gasteiger partial charge in [0.2, 0.25) is 12.7 Å². The summed E-state index contributed by atoms with van der Waals surface area (Å²) in [4.78, 5) is 11.8. The average molecular weight is 317 g/mol. The Morgan fingerprint density at radius 3 is 2.74 bits per heavy atom. The minimum absolute atomic E-state index is 0.133.